The van der Waals surface area contributed by atoms with E-state index in [1.165, 1.54) is 43.9 Å². The minimum Gasteiger partial charge on any atom is -0.322 e. The number of carbonyl (C=O) groups excluding carboxylic acids is 1. The number of likely N-dealkylation sites (N-methyl/N-ethyl adjacent to an activating group) is 1. The standard InChI is InChI=1S/C16H22ClFN2O/c1-20(13-6-4-2-3-5-7-13)11-16(21)19-15-10-12(17)8-9-14(15)18/h8-10,13H,2-7,11H2,1H3,(H,19,21). The van der Waals surface area contributed by atoms with Gasteiger partial charge in [0, 0.05) is 11.1 Å². The lowest BCUT2D eigenvalue weighted by Crippen LogP contribution is -2.37. The molecule has 1 aromatic carbocycles. The van der Waals surface area contributed by atoms with E-state index in [-0.39, 0.29) is 18.1 Å². The van der Waals surface area contributed by atoms with Crippen molar-refractivity contribution < 1.29 is 9.18 Å². The zero-order valence-electron chi connectivity index (χ0n) is 12.4. The van der Waals surface area contributed by atoms with E-state index in [1.54, 1.807) is 0 Å². The molecule has 0 bridgehead atoms. The normalized spacial score (nSPS) is 16.8. The van der Waals surface area contributed by atoms with E-state index >= 15 is 0 Å². The summed E-state index contributed by atoms with van der Waals surface area (Å²) in [6, 6.07) is 4.60. The molecule has 0 aliphatic heterocycles. The van der Waals surface area contributed by atoms with Crippen LogP contribution in [0.1, 0.15) is 38.5 Å². The molecule has 1 amide bonds. The first-order valence-electron chi connectivity index (χ1n) is 7.51. The molecule has 2 rings (SSSR count). The molecule has 21 heavy (non-hydrogen) atoms. The van der Waals surface area contributed by atoms with E-state index < -0.39 is 5.82 Å². The Morgan fingerprint density at radius 2 is 2.00 bits per heavy atom. The molecule has 0 unspecified atom stereocenters. The predicted molar refractivity (Wildman–Crippen MR) is 84.2 cm³/mol. The molecule has 1 aliphatic rings. The minimum absolute atomic E-state index is 0.141. The molecule has 1 saturated carbocycles. The third-order valence-electron chi connectivity index (χ3n) is 4.04. The van der Waals surface area contributed by atoms with Crippen LogP contribution in [0.4, 0.5) is 10.1 Å². The molecule has 1 aliphatic carbocycles. The summed E-state index contributed by atoms with van der Waals surface area (Å²) in [6.07, 6.45) is 7.28. The maximum atomic E-state index is 13.6. The molecular weight excluding hydrogens is 291 g/mol. The van der Waals surface area contributed by atoms with Crippen LogP contribution in [0.3, 0.4) is 0 Å². The van der Waals surface area contributed by atoms with Crippen molar-refractivity contribution in [2.75, 3.05) is 18.9 Å². The smallest absolute Gasteiger partial charge is 0.238 e. The van der Waals surface area contributed by atoms with Gasteiger partial charge in [0.05, 0.1) is 12.2 Å². The fraction of sp³-hybridized carbons (Fsp3) is 0.562. The molecule has 3 nitrogen and oxygen atoms in total. The van der Waals surface area contributed by atoms with Crippen molar-refractivity contribution in [2.45, 2.75) is 44.6 Å². The predicted octanol–water partition coefficient (Wildman–Crippen LogP) is 4.07. The van der Waals surface area contributed by atoms with Gasteiger partial charge < -0.3 is 5.32 Å². The van der Waals surface area contributed by atoms with Gasteiger partial charge in [0.2, 0.25) is 5.91 Å². The molecule has 0 radical (unpaired) electrons. The number of nitrogens with zero attached hydrogens (tertiary/aromatic N) is 1. The second-order valence-electron chi connectivity index (χ2n) is 5.73. The summed E-state index contributed by atoms with van der Waals surface area (Å²) < 4.78 is 13.6. The lowest BCUT2D eigenvalue weighted by Gasteiger charge is -2.26. The van der Waals surface area contributed by atoms with Crippen LogP contribution in [-0.2, 0) is 4.79 Å². The monoisotopic (exact) mass is 312 g/mol. The van der Waals surface area contributed by atoms with Crippen molar-refractivity contribution in [1.82, 2.24) is 4.90 Å². The van der Waals surface area contributed by atoms with Crippen LogP contribution in [0.2, 0.25) is 5.02 Å². The summed E-state index contributed by atoms with van der Waals surface area (Å²) >= 11 is 5.82. The minimum atomic E-state index is -0.468. The first-order valence-corrected chi connectivity index (χ1v) is 7.89. The summed E-state index contributed by atoms with van der Waals surface area (Å²) in [5.74, 6) is -0.673. The van der Waals surface area contributed by atoms with Crippen LogP contribution in [0.15, 0.2) is 18.2 Å². The zero-order valence-corrected chi connectivity index (χ0v) is 13.1. The highest BCUT2D eigenvalue weighted by Crippen LogP contribution is 2.22. The average Bonchev–Trinajstić information content (AvgIpc) is 2.72. The molecule has 116 valence electrons. The van der Waals surface area contributed by atoms with Crippen LogP contribution in [0.5, 0.6) is 0 Å². The van der Waals surface area contributed by atoms with Gasteiger partial charge in [0.1, 0.15) is 5.82 Å². The Kier molecular flexibility index (Phi) is 6.00. The largest absolute Gasteiger partial charge is 0.322 e. The molecule has 0 heterocycles. The van der Waals surface area contributed by atoms with Crippen LogP contribution < -0.4 is 5.32 Å². The number of carbonyl (C=O) groups is 1. The number of nitrogens with one attached hydrogen (secondary N) is 1. The highest BCUT2D eigenvalue weighted by Gasteiger charge is 2.19. The molecule has 0 spiro atoms. The van der Waals surface area contributed by atoms with Crippen molar-refractivity contribution in [3.63, 3.8) is 0 Å². The van der Waals surface area contributed by atoms with E-state index in [9.17, 15) is 9.18 Å². The Bertz CT molecular complexity index is 487. The van der Waals surface area contributed by atoms with Crippen molar-refractivity contribution in [3.8, 4) is 0 Å². The molecule has 0 aromatic heterocycles. The highest BCUT2D eigenvalue weighted by molar-refractivity contribution is 6.30. The average molecular weight is 313 g/mol. The molecule has 1 N–H and O–H groups in total. The third-order valence-corrected chi connectivity index (χ3v) is 4.28. The van der Waals surface area contributed by atoms with Crippen molar-refractivity contribution >= 4 is 23.2 Å². The topological polar surface area (TPSA) is 32.3 Å². The van der Waals surface area contributed by atoms with Gasteiger partial charge in [-0.1, -0.05) is 37.3 Å². The van der Waals surface area contributed by atoms with Crippen molar-refractivity contribution in [3.05, 3.63) is 29.0 Å². The Hall–Kier alpha value is -1.13. The van der Waals surface area contributed by atoms with Gasteiger partial charge in [-0.05, 0) is 38.1 Å². The number of halogens is 2. The summed E-state index contributed by atoms with van der Waals surface area (Å²) in [5, 5.41) is 3.00. The Morgan fingerprint density at radius 3 is 2.67 bits per heavy atom. The molecule has 0 atom stereocenters. The lowest BCUT2D eigenvalue weighted by molar-refractivity contribution is -0.117. The second-order valence-corrected chi connectivity index (χ2v) is 6.17. The molecule has 1 fully saturated rings. The second kappa shape index (κ2) is 7.76. The van der Waals surface area contributed by atoms with E-state index in [0.29, 0.717) is 11.1 Å². The highest BCUT2D eigenvalue weighted by atomic mass is 35.5. The van der Waals surface area contributed by atoms with Gasteiger partial charge in [-0.25, -0.2) is 4.39 Å². The quantitative estimate of drug-likeness (QED) is 0.850. The number of benzene rings is 1. The van der Waals surface area contributed by atoms with Gasteiger partial charge in [-0.2, -0.15) is 0 Å². The summed E-state index contributed by atoms with van der Waals surface area (Å²) in [5.41, 5.74) is 0.141. The van der Waals surface area contributed by atoms with E-state index in [2.05, 4.69) is 10.2 Å². The molecule has 5 heteroatoms. The van der Waals surface area contributed by atoms with Crippen LogP contribution >= 0.6 is 11.6 Å². The number of rotatable bonds is 4. The van der Waals surface area contributed by atoms with Gasteiger partial charge in [0.25, 0.3) is 0 Å². The van der Waals surface area contributed by atoms with Gasteiger partial charge in [-0.3, -0.25) is 9.69 Å². The lowest BCUT2D eigenvalue weighted by atomic mass is 10.1. The Balaban J connectivity index is 1.89. The number of hydrogen-bond acceptors (Lipinski definition) is 2. The first-order chi connectivity index (χ1) is 10.1. The van der Waals surface area contributed by atoms with E-state index in [4.69, 9.17) is 11.6 Å². The van der Waals surface area contributed by atoms with Gasteiger partial charge in [0.15, 0.2) is 0 Å². The molecular formula is C16H22ClFN2O. The zero-order chi connectivity index (χ0) is 15.2. The third kappa shape index (κ3) is 4.97. The first kappa shape index (κ1) is 16.2. The van der Waals surface area contributed by atoms with Crippen LogP contribution in [0.25, 0.3) is 0 Å². The number of anilines is 1. The van der Waals surface area contributed by atoms with Crippen molar-refractivity contribution in [2.24, 2.45) is 0 Å². The van der Waals surface area contributed by atoms with E-state index in [0.717, 1.165) is 12.8 Å². The fourth-order valence-electron chi connectivity index (χ4n) is 2.84. The number of hydrogen-bond donors (Lipinski definition) is 1. The van der Waals surface area contributed by atoms with Gasteiger partial charge >= 0.3 is 0 Å². The maximum absolute atomic E-state index is 13.6. The molecule has 0 saturated heterocycles. The molecule has 1 aromatic rings. The maximum Gasteiger partial charge on any atom is 0.238 e. The Morgan fingerprint density at radius 1 is 1.33 bits per heavy atom. The summed E-state index contributed by atoms with van der Waals surface area (Å²) in [4.78, 5) is 14.1. The number of amides is 1. The van der Waals surface area contributed by atoms with Crippen LogP contribution in [0, 0.1) is 5.82 Å². The summed E-state index contributed by atoms with van der Waals surface area (Å²) in [6.45, 7) is 0.274. The van der Waals surface area contributed by atoms with E-state index in [1.807, 2.05) is 7.05 Å². The van der Waals surface area contributed by atoms with Crippen LogP contribution in [-0.4, -0.2) is 30.4 Å². The fourth-order valence-corrected chi connectivity index (χ4v) is 3.01. The van der Waals surface area contributed by atoms with Crippen molar-refractivity contribution in [1.29, 1.82) is 0 Å². The Labute approximate surface area is 130 Å². The SMILES string of the molecule is CN(CC(=O)Nc1cc(Cl)ccc1F)C1CCCCCC1. The summed E-state index contributed by atoms with van der Waals surface area (Å²) in [7, 11) is 1.96. The van der Waals surface area contributed by atoms with Gasteiger partial charge in [-0.15, -0.1) is 0 Å².